The molecule has 0 aromatic heterocycles. The van der Waals surface area contributed by atoms with Crippen LogP contribution in [0.5, 0.6) is 0 Å². The first-order valence-corrected chi connectivity index (χ1v) is 9.33. The van der Waals surface area contributed by atoms with Gasteiger partial charge in [-0.15, -0.1) is 0 Å². The highest BCUT2D eigenvalue weighted by Gasteiger charge is 2.23. The van der Waals surface area contributed by atoms with Gasteiger partial charge in [0.1, 0.15) is 0 Å². The lowest BCUT2D eigenvalue weighted by Crippen LogP contribution is -2.38. The number of carbonyl (C=O) groups is 1. The highest BCUT2D eigenvalue weighted by atomic mass is 32.2. The third-order valence-corrected chi connectivity index (χ3v) is 5.76. The van der Waals surface area contributed by atoms with Gasteiger partial charge in [-0.1, -0.05) is 12.8 Å². The quantitative estimate of drug-likeness (QED) is 0.813. The van der Waals surface area contributed by atoms with Crippen LogP contribution >= 0.6 is 0 Å². The summed E-state index contributed by atoms with van der Waals surface area (Å²) in [5.74, 6) is -6.04. The summed E-state index contributed by atoms with van der Waals surface area (Å²) < 4.78 is 65.3. The Morgan fingerprint density at radius 3 is 2.29 bits per heavy atom. The Morgan fingerprint density at radius 2 is 1.67 bits per heavy atom. The van der Waals surface area contributed by atoms with Gasteiger partial charge in [0.05, 0.1) is 11.3 Å². The van der Waals surface area contributed by atoms with E-state index in [4.69, 9.17) is 0 Å². The van der Waals surface area contributed by atoms with Crippen molar-refractivity contribution >= 4 is 15.9 Å². The van der Waals surface area contributed by atoms with Crippen molar-refractivity contribution in [1.82, 2.24) is 9.62 Å². The number of halogens is 3. The molecule has 1 fully saturated rings. The third kappa shape index (κ3) is 4.47. The molecule has 1 N–H and O–H groups in total. The minimum Gasteiger partial charge on any atom is -0.351 e. The molecule has 1 aromatic carbocycles. The Kier molecular flexibility index (Phi) is 6.22. The number of nitrogens with zero attached hydrogens (tertiary/aromatic N) is 1. The Hall–Kier alpha value is -1.61. The second-order valence-electron chi connectivity index (χ2n) is 5.61. The first-order valence-electron chi connectivity index (χ1n) is 7.72. The maximum absolute atomic E-state index is 13.5. The van der Waals surface area contributed by atoms with Crippen LogP contribution in [0.1, 0.15) is 36.0 Å². The van der Waals surface area contributed by atoms with Gasteiger partial charge < -0.3 is 5.32 Å². The second-order valence-corrected chi connectivity index (χ2v) is 7.70. The smallest absolute Gasteiger partial charge is 0.254 e. The Balaban J connectivity index is 1.93. The summed E-state index contributed by atoms with van der Waals surface area (Å²) in [7, 11) is -3.52. The van der Waals surface area contributed by atoms with Crippen LogP contribution < -0.4 is 5.32 Å². The minimum atomic E-state index is -3.52. The summed E-state index contributed by atoms with van der Waals surface area (Å²) in [6.45, 7) is 0.665. The SMILES string of the molecule is O=C(NCCS(=O)(=O)N1CCCCCC1)c1ccc(F)c(F)c1F. The highest BCUT2D eigenvalue weighted by molar-refractivity contribution is 7.89. The van der Waals surface area contributed by atoms with Crippen molar-refractivity contribution in [2.45, 2.75) is 25.7 Å². The van der Waals surface area contributed by atoms with E-state index in [1.165, 1.54) is 4.31 Å². The van der Waals surface area contributed by atoms with Gasteiger partial charge in [0.15, 0.2) is 17.5 Å². The van der Waals surface area contributed by atoms with Crippen molar-refractivity contribution in [2.24, 2.45) is 0 Å². The number of amides is 1. The maximum Gasteiger partial charge on any atom is 0.254 e. The molecule has 2 rings (SSSR count). The van der Waals surface area contributed by atoms with Crippen LogP contribution in [0, 0.1) is 17.5 Å². The van der Waals surface area contributed by atoms with E-state index in [9.17, 15) is 26.4 Å². The first kappa shape index (κ1) is 18.7. The predicted molar refractivity (Wildman–Crippen MR) is 82.5 cm³/mol. The average Bonchev–Trinajstić information content (AvgIpc) is 2.82. The van der Waals surface area contributed by atoms with Gasteiger partial charge in [0, 0.05) is 19.6 Å². The molecular formula is C15H19F3N2O3S. The molecule has 24 heavy (non-hydrogen) atoms. The van der Waals surface area contributed by atoms with E-state index in [1.54, 1.807) is 0 Å². The fourth-order valence-corrected chi connectivity index (χ4v) is 3.97. The number of carbonyl (C=O) groups excluding carboxylic acids is 1. The lowest BCUT2D eigenvalue weighted by atomic mass is 10.2. The molecule has 0 bridgehead atoms. The lowest BCUT2D eigenvalue weighted by Gasteiger charge is -2.19. The van der Waals surface area contributed by atoms with Crippen molar-refractivity contribution in [1.29, 1.82) is 0 Å². The Bertz CT molecular complexity index is 702. The Labute approximate surface area is 138 Å². The number of sulfonamides is 1. The molecule has 0 aliphatic carbocycles. The summed E-state index contributed by atoms with van der Waals surface area (Å²) >= 11 is 0. The van der Waals surface area contributed by atoms with E-state index in [-0.39, 0.29) is 12.3 Å². The molecule has 134 valence electrons. The number of nitrogens with one attached hydrogen (secondary N) is 1. The number of rotatable bonds is 5. The van der Waals surface area contributed by atoms with Gasteiger partial charge in [0.25, 0.3) is 5.91 Å². The molecule has 0 saturated carbocycles. The van der Waals surface area contributed by atoms with Gasteiger partial charge in [-0.05, 0) is 25.0 Å². The summed E-state index contributed by atoms with van der Waals surface area (Å²) in [4.78, 5) is 11.8. The molecule has 1 amide bonds. The van der Waals surface area contributed by atoms with Crippen molar-refractivity contribution in [3.05, 3.63) is 35.1 Å². The van der Waals surface area contributed by atoms with E-state index in [1.807, 2.05) is 0 Å². The zero-order valence-electron chi connectivity index (χ0n) is 13.0. The highest BCUT2D eigenvalue weighted by Crippen LogP contribution is 2.15. The molecule has 9 heteroatoms. The fourth-order valence-electron chi connectivity index (χ4n) is 2.54. The average molecular weight is 364 g/mol. The van der Waals surface area contributed by atoms with E-state index in [0.29, 0.717) is 19.2 Å². The van der Waals surface area contributed by atoms with E-state index in [0.717, 1.165) is 31.7 Å². The summed E-state index contributed by atoms with van der Waals surface area (Å²) in [5.41, 5.74) is -0.666. The number of hydrogen-bond acceptors (Lipinski definition) is 3. The van der Waals surface area contributed by atoms with E-state index in [2.05, 4.69) is 5.32 Å². The monoisotopic (exact) mass is 364 g/mol. The topological polar surface area (TPSA) is 66.5 Å². The summed E-state index contributed by atoms with van der Waals surface area (Å²) in [6.07, 6.45) is 3.56. The zero-order chi connectivity index (χ0) is 17.7. The largest absolute Gasteiger partial charge is 0.351 e. The standard InChI is InChI=1S/C15H19F3N2O3S/c16-12-6-5-11(13(17)14(12)18)15(21)19-7-10-24(22,23)20-8-3-1-2-4-9-20/h5-6H,1-4,7-10H2,(H,19,21). The van der Waals surface area contributed by atoms with Crippen molar-refractivity contribution < 1.29 is 26.4 Å². The van der Waals surface area contributed by atoms with Gasteiger partial charge >= 0.3 is 0 Å². The zero-order valence-corrected chi connectivity index (χ0v) is 13.8. The molecule has 1 aliphatic rings. The van der Waals surface area contributed by atoms with Crippen LogP contribution in [0.25, 0.3) is 0 Å². The van der Waals surface area contributed by atoms with Gasteiger partial charge in [-0.25, -0.2) is 25.9 Å². The molecule has 0 atom stereocenters. The van der Waals surface area contributed by atoms with Gasteiger partial charge in [0.2, 0.25) is 10.0 Å². The van der Waals surface area contributed by atoms with Crippen LogP contribution in [-0.2, 0) is 10.0 Å². The third-order valence-electron chi connectivity index (χ3n) is 3.88. The van der Waals surface area contributed by atoms with Crippen LogP contribution in [-0.4, -0.2) is 44.0 Å². The molecule has 1 saturated heterocycles. The molecule has 1 aliphatic heterocycles. The molecule has 0 spiro atoms. The predicted octanol–water partition coefficient (Wildman–Crippen LogP) is 2.04. The van der Waals surface area contributed by atoms with E-state index >= 15 is 0 Å². The van der Waals surface area contributed by atoms with Crippen molar-refractivity contribution in [3.63, 3.8) is 0 Å². The lowest BCUT2D eigenvalue weighted by molar-refractivity contribution is 0.0950. The molecule has 1 aromatic rings. The van der Waals surface area contributed by atoms with Crippen LogP contribution in [0.2, 0.25) is 0 Å². The van der Waals surface area contributed by atoms with Gasteiger partial charge in [-0.2, -0.15) is 0 Å². The molecular weight excluding hydrogens is 345 g/mol. The second kappa shape index (κ2) is 7.98. The normalized spacial score (nSPS) is 16.6. The number of benzene rings is 1. The molecule has 1 heterocycles. The van der Waals surface area contributed by atoms with Crippen molar-refractivity contribution in [2.75, 3.05) is 25.4 Å². The van der Waals surface area contributed by atoms with Crippen LogP contribution in [0.3, 0.4) is 0 Å². The maximum atomic E-state index is 13.5. The first-order chi connectivity index (χ1) is 11.3. The molecule has 0 radical (unpaired) electrons. The van der Waals surface area contributed by atoms with Crippen LogP contribution in [0.4, 0.5) is 13.2 Å². The summed E-state index contributed by atoms with van der Waals surface area (Å²) in [6, 6.07) is 1.45. The Morgan fingerprint density at radius 1 is 1.04 bits per heavy atom. The van der Waals surface area contributed by atoms with Gasteiger partial charge in [-0.3, -0.25) is 4.79 Å². The minimum absolute atomic E-state index is 0.240. The summed E-state index contributed by atoms with van der Waals surface area (Å²) in [5, 5.41) is 2.22. The van der Waals surface area contributed by atoms with E-state index < -0.39 is 38.9 Å². The number of hydrogen-bond donors (Lipinski definition) is 1. The fraction of sp³-hybridized carbons (Fsp3) is 0.533. The van der Waals surface area contributed by atoms with Crippen molar-refractivity contribution in [3.8, 4) is 0 Å². The molecule has 5 nitrogen and oxygen atoms in total. The van der Waals surface area contributed by atoms with Crippen LogP contribution in [0.15, 0.2) is 12.1 Å². The molecule has 0 unspecified atom stereocenters.